The molecular weight excluding hydrogens is 827 g/mol. The van der Waals surface area contributed by atoms with E-state index in [-0.39, 0.29) is 23.8 Å². The summed E-state index contributed by atoms with van der Waals surface area (Å²) in [7, 11) is 0. The van der Waals surface area contributed by atoms with Crippen molar-refractivity contribution < 1.29 is 0 Å². The fraction of sp³-hybridized carbons (Fsp3) is 0.302. The summed E-state index contributed by atoms with van der Waals surface area (Å²) in [6.45, 7) is 4.76. The Kier molecular flexibility index (Phi) is 9.38. The molecule has 338 valence electrons. The molecule has 0 spiro atoms. The van der Waals surface area contributed by atoms with E-state index in [1.165, 1.54) is 73.7 Å². The lowest BCUT2D eigenvalue weighted by Gasteiger charge is -2.52. The first-order valence-corrected chi connectivity index (χ1v) is 25.7. The predicted molar refractivity (Wildman–Crippen MR) is 283 cm³/mol. The number of hydrogen-bond donors (Lipinski definition) is 2. The highest BCUT2D eigenvalue weighted by Gasteiger charge is 2.54. The molecule has 3 heterocycles. The quantitative estimate of drug-likeness (QED) is 0.172. The van der Waals surface area contributed by atoms with Gasteiger partial charge in [-0.15, -0.1) is 0 Å². The third-order valence-electron chi connectivity index (χ3n) is 17.6. The van der Waals surface area contributed by atoms with Crippen molar-refractivity contribution in [2.24, 2.45) is 29.6 Å². The average Bonchev–Trinajstić information content (AvgIpc) is 3.96. The molecule has 5 aromatic carbocycles. The summed E-state index contributed by atoms with van der Waals surface area (Å²) in [6, 6.07) is 42.1. The molecule has 9 atom stereocenters. The van der Waals surface area contributed by atoms with Crippen LogP contribution in [0.25, 0.3) is 10.8 Å². The third kappa shape index (κ3) is 5.97. The van der Waals surface area contributed by atoms with Crippen molar-refractivity contribution in [2.45, 2.75) is 88.6 Å². The molecule has 1 fully saturated rings. The number of anilines is 6. The lowest BCUT2D eigenvalue weighted by Crippen LogP contribution is -2.54. The zero-order valence-electron chi connectivity index (χ0n) is 39.3. The standard InChI is InChI=1S/C63H61N5/c1-63(2)48-29-11-15-33-55(48)66(56-34-16-12-30-49(56)63)53-38-39-54(43-24-6-5-23-42(43)53)68-58-36-18-14-32-51(58)65-62(68)60-46-27-9-7-25-44(46)59(45-26-8-10-28-47(45)60)61-64-50-31-13-17-35-57(50)67(61)52-37-19-21-40-20-3-4-22-41(40)52/h3-8,11-13,15-20,22-26,29-31,33-40,44-46,51,58-59,61-62,64-65H,9-10,14,21,27-28,32H2,1-2H3. The fourth-order valence-corrected chi connectivity index (χ4v) is 14.7. The van der Waals surface area contributed by atoms with E-state index < -0.39 is 0 Å². The van der Waals surface area contributed by atoms with Gasteiger partial charge in [-0.05, 0) is 122 Å². The highest BCUT2D eigenvalue weighted by Crippen LogP contribution is 2.58. The fourth-order valence-electron chi connectivity index (χ4n) is 14.7. The van der Waals surface area contributed by atoms with E-state index >= 15 is 0 Å². The molecule has 5 nitrogen and oxygen atoms in total. The van der Waals surface area contributed by atoms with Gasteiger partial charge in [-0.25, -0.2) is 0 Å². The third-order valence-corrected chi connectivity index (χ3v) is 17.6. The van der Waals surface area contributed by atoms with Crippen molar-refractivity contribution in [3.8, 4) is 0 Å². The molecule has 3 aliphatic heterocycles. The van der Waals surface area contributed by atoms with Gasteiger partial charge in [0.05, 0.1) is 34.5 Å². The first kappa shape index (κ1) is 40.5. The van der Waals surface area contributed by atoms with Gasteiger partial charge < -0.3 is 20.0 Å². The zero-order valence-corrected chi connectivity index (χ0v) is 39.3. The summed E-state index contributed by atoms with van der Waals surface area (Å²) in [4.78, 5) is 8.13. The lowest BCUT2D eigenvalue weighted by molar-refractivity contribution is 0.187. The van der Waals surface area contributed by atoms with Gasteiger partial charge in [-0.2, -0.15) is 0 Å². The monoisotopic (exact) mass is 887 g/mol. The molecule has 9 unspecified atom stereocenters. The van der Waals surface area contributed by atoms with Crippen LogP contribution in [0.15, 0.2) is 205 Å². The summed E-state index contributed by atoms with van der Waals surface area (Å²) in [5.74, 6) is 1.89. The Hall–Kier alpha value is -6.56. The van der Waals surface area contributed by atoms with Gasteiger partial charge in [0.1, 0.15) is 12.3 Å². The average molecular weight is 888 g/mol. The summed E-state index contributed by atoms with van der Waals surface area (Å²) in [5, 5.41) is 11.3. The molecule has 0 aromatic heterocycles. The molecule has 9 aliphatic rings. The summed E-state index contributed by atoms with van der Waals surface area (Å²) in [5.41, 5.74) is 16.4. The predicted octanol–water partition coefficient (Wildman–Crippen LogP) is 14.5. The topological polar surface area (TPSA) is 33.8 Å². The Morgan fingerprint density at radius 1 is 0.618 bits per heavy atom. The number of allylic oxidation sites excluding steroid dienone is 13. The number of para-hydroxylation sites is 4. The minimum Gasteiger partial charge on any atom is -0.363 e. The van der Waals surface area contributed by atoms with Crippen LogP contribution in [-0.4, -0.2) is 24.4 Å². The molecule has 14 rings (SSSR count). The normalized spacial score (nSPS) is 30.1. The molecule has 1 saturated heterocycles. The van der Waals surface area contributed by atoms with Crippen molar-refractivity contribution >= 4 is 44.9 Å². The minimum atomic E-state index is -0.114. The molecule has 0 radical (unpaired) electrons. The van der Waals surface area contributed by atoms with E-state index in [1.807, 2.05) is 0 Å². The molecule has 6 aliphatic carbocycles. The Morgan fingerprint density at radius 2 is 1.32 bits per heavy atom. The minimum absolute atomic E-state index is 0.0964. The first-order chi connectivity index (χ1) is 33.5. The van der Waals surface area contributed by atoms with Crippen molar-refractivity contribution in [3.63, 3.8) is 0 Å². The van der Waals surface area contributed by atoms with Crippen LogP contribution in [0.2, 0.25) is 0 Å². The van der Waals surface area contributed by atoms with Crippen molar-refractivity contribution in [1.82, 2.24) is 5.32 Å². The van der Waals surface area contributed by atoms with Gasteiger partial charge in [0.25, 0.3) is 0 Å². The summed E-state index contributed by atoms with van der Waals surface area (Å²) >= 11 is 0. The maximum absolute atomic E-state index is 4.45. The van der Waals surface area contributed by atoms with Gasteiger partial charge in [0.2, 0.25) is 0 Å². The molecule has 0 amide bonds. The van der Waals surface area contributed by atoms with Crippen molar-refractivity contribution in [1.29, 1.82) is 0 Å². The molecule has 0 saturated carbocycles. The number of nitrogens with zero attached hydrogens (tertiary/aromatic N) is 3. The Morgan fingerprint density at radius 3 is 2.16 bits per heavy atom. The number of benzene rings is 5. The number of rotatable bonds is 5. The van der Waals surface area contributed by atoms with E-state index in [2.05, 4.69) is 221 Å². The van der Waals surface area contributed by atoms with Crippen LogP contribution in [-0.2, 0) is 5.41 Å². The van der Waals surface area contributed by atoms with Crippen LogP contribution in [0.3, 0.4) is 0 Å². The van der Waals surface area contributed by atoms with E-state index in [0.717, 1.165) is 38.5 Å². The van der Waals surface area contributed by atoms with Gasteiger partial charge in [-0.3, -0.25) is 5.32 Å². The van der Waals surface area contributed by atoms with Crippen LogP contribution in [0.4, 0.5) is 34.1 Å². The van der Waals surface area contributed by atoms with E-state index in [4.69, 9.17) is 0 Å². The Labute approximate surface area is 402 Å². The molecule has 5 heteroatoms. The van der Waals surface area contributed by atoms with Gasteiger partial charge in [0.15, 0.2) is 0 Å². The maximum atomic E-state index is 4.45. The van der Waals surface area contributed by atoms with Crippen LogP contribution in [0.1, 0.15) is 69.9 Å². The highest BCUT2D eigenvalue weighted by atomic mass is 15.4. The van der Waals surface area contributed by atoms with E-state index in [9.17, 15) is 0 Å². The molecule has 0 bridgehead atoms. The van der Waals surface area contributed by atoms with E-state index in [1.54, 1.807) is 11.1 Å². The van der Waals surface area contributed by atoms with Crippen LogP contribution >= 0.6 is 0 Å². The first-order valence-electron chi connectivity index (χ1n) is 25.7. The molecule has 68 heavy (non-hydrogen) atoms. The van der Waals surface area contributed by atoms with Crippen LogP contribution in [0.5, 0.6) is 0 Å². The van der Waals surface area contributed by atoms with Crippen molar-refractivity contribution in [3.05, 3.63) is 216 Å². The van der Waals surface area contributed by atoms with Crippen LogP contribution < -0.4 is 25.3 Å². The highest BCUT2D eigenvalue weighted by molar-refractivity contribution is 6.06. The van der Waals surface area contributed by atoms with E-state index in [0.29, 0.717) is 35.6 Å². The Bertz CT molecular complexity index is 3090. The van der Waals surface area contributed by atoms with Gasteiger partial charge >= 0.3 is 0 Å². The second kappa shape index (κ2) is 15.7. The zero-order chi connectivity index (χ0) is 45.1. The second-order valence-corrected chi connectivity index (χ2v) is 21.3. The van der Waals surface area contributed by atoms with Gasteiger partial charge in [-0.1, -0.05) is 159 Å². The number of nitrogens with one attached hydrogen (secondary N) is 2. The largest absolute Gasteiger partial charge is 0.363 e. The summed E-state index contributed by atoms with van der Waals surface area (Å²) < 4.78 is 0. The summed E-state index contributed by atoms with van der Waals surface area (Å²) in [6.07, 6.45) is 37.5. The molecular formula is C63H61N5. The SMILES string of the molecule is CC1(C)c2ccccc2N(c2ccc(N3C(C4=C5CCC=CC5C(C5Nc6ccccc6N5C5=C6C=CC=CC6CC=C5)C5C=CCCC45)NC4CCC=CC43)c3ccccc23)c2ccccc21. The van der Waals surface area contributed by atoms with Crippen LogP contribution in [0, 0.1) is 29.6 Å². The number of fused-ring (bicyclic) bond motifs is 8. The van der Waals surface area contributed by atoms with Crippen molar-refractivity contribution in [2.75, 3.05) is 20.0 Å². The number of hydrogen-bond acceptors (Lipinski definition) is 5. The lowest BCUT2D eigenvalue weighted by atomic mass is 9.58. The second-order valence-electron chi connectivity index (χ2n) is 21.3. The van der Waals surface area contributed by atoms with Gasteiger partial charge in [0, 0.05) is 51.4 Å². The smallest absolute Gasteiger partial charge is 0.108 e. The molecule has 2 N–H and O–H groups in total. The Balaban J connectivity index is 0.923. The molecule has 5 aromatic rings. The maximum Gasteiger partial charge on any atom is 0.108 e.